The number of carbonyl (C=O) groups excluding carboxylic acids is 2. The normalized spacial score (nSPS) is 11.1. The second-order valence-electron chi connectivity index (χ2n) is 5.37. The summed E-state index contributed by atoms with van der Waals surface area (Å²) >= 11 is 0. The van der Waals surface area contributed by atoms with E-state index in [1.54, 1.807) is 33.2 Å². The average Bonchev–Trinajstić information content (AvgIpc) is 2.43. The monoisotopic (exact) mass is 342 g/mol. The molecule has 7 nitrogen and oxygen atoms in total. The number of rotatable bonds is 7. The van der Waals surface area contributed by atoms with Crippen molar-refractivity contribution in [3.63, 3.8) is 0 Å². The highest BCUT2D eigenvalue weighted by Gasteiger charge is 2.17. The Hall–Kier alpha value is -1.93. The second kappa shape index (κ2) is 8.07. The van der Waals surface area contributed by atoms with Gasteiger partial charge in [-0.05, 0) is 25.5 Å². The number of hydrogen-bond acceptors (Lipinski definition) is 5. The lowest BCUT2D eigenvalue weighted by Gasteiger charge is -2.11. The first-order chi connectivity index (χ1) is 10.6. The first kappa shape index (κ1) is 19.1. The number of benzene rings is 1. The highest BCUT2D eigenvalue weighted by Crippen LogP contribution is 2.16. The molecule has 0 saturated carbocycles. The third-order valence-corrected chi connectivity index (χ3v) is 4.72. The third kappa shape index (κ3) is 5.99. The molecule has 1 N–H and O–H groups in total. The van der Waals surface area contributed by atoms with E-state index in [2.05, 4.69) is 4.72 Å². The minimum atomic E-state index is -3.68. The van der Waals surface area contributed by atoms with Crippen LogP contribution in [0.15, 0.2) is 23.1 Å². The van der Waals surface area contributed by atoms with Crippen molar-refractivity contribution >= 4 is 21.9 Å². The Kier molecular flexibility index (Phi) is 6.71. The smallest absolute Gasteiger partial charge is 0.307 e. The zero-order valence-electron chi connectivity index (χ0n) is 13.8. The van der Waals surface area contributed by atoms with E-state index in [0.29, 0.717) is 5.56 Å². The summed E-state index contributed by atoms with van der Waals surface area (Å²) in [7, 11) is -0.581. The van der Waals surface area contributed by atoms with Crippen molar-refractivity contribution in [3.05, 3.63) is 29.3 Å². The SMILES string of the molecule is Cc1ccc(S(=O)(=O)NCCC(=O)OCC(=O)N(C)C)c(C)c1. The van der Waals surface area contributed by atoms with Crippen LogP contribution in [0.1, 0.15) is 17.5 Å². The van der Waals surface area contributed by atoms with Gasteiger partial charge in [-0.1, -0.05) is 17.7 Å². The van der Waals surface area contributed by atoms with Gasteiger partial charge in [0.2, 0.25) is 10.0 Å². The van der Waals surface area contributed by atoms with Crippen molar-refractivity contribution in [2.75, 3.05) is 27.2 Å². The fraction of sp³-hybridized carbons (Fsp3) is 0.467. The lowest BCUT2D eigenvalue weighted by molar-refractivity contribution is -0.150. The minimum absolute atomic E-state index is 0.0926. The Morgan fingerprint density at radius 2 is 1.87 bits per heavy atom. The molecule has 0 bridgehead atoms. The van der Waals surface area contributed by atoms with E-state index in [1.807, 2.05) is 6.92 Å². The summed E-state index contributed by atoms with van der Waals surface area (Å²) in [4.78, 5) is 24.2. The van der Waals surface area contributed by atoms with Gasteiger partial charge in [-0.2, -0.15) is 0 Å². The van der Waals surface area contributed by atoms with Crippen molar-refractivity contribution < 1.29 is 22.7 Å². The molecule has 1 rings (SSSR count). The van der Waals surface area contributed by atoms with Gasteiger partial charge < -0.3 is 9.64 Å². The summed E-state index contributed by atoms with van der Waals surface area (Å²) in [6, 6.07) is 5.01. The van der Waals surface area contributed by atoms with Gasteiger partial charge in [0.1, 0.15) is 0 Å². The number of carbonyl (C=O) groups is 2. The van der Waals surface area contributed by atoms with Crippen LogP contribution < -0.4 is 4.72 Å². The molecule has 0 radical (unpaired) electrons. The number of sulfonamides is 1. The van der Waals surface area contributed by atoms with Crippen molar-refractivity contribution in [3.8, 4) is 0 Å². The molecule has 0 aliphatic heterocycles. The summed E-state index contributed by atoms with van der Waals surface area (Å²) < 4.78 is 31.5. The van der Waals surface area contributed by atoms with E-state index >= 15 is 0 Å². The van der Waals surface area contributed by atoms with Crippen LogP contribution in [0.3, 0.4) is 0 Å². The zero-order valence-corrected chi connectivity index (χ0v) is 14.6. The molecule has 0 aliphatic carbocycles. The van der Waals surface area contributed by atoms with Gasteiger partial charge in [-0.25, -0.2) is 13.1 Å². The summed E-state index contributed by atoms with van der Waals surface area (Å²) in [5.41, 5.74) is 1.60. The van der Waals surface area contributed by atoms with Gasteiger partial charge in [0.05, 0.1) is 11.3 Å². The maximum atomic E-state index is 12.2. The maximum absolute atomic E-state index is 12.2. The number of nitrogens with one attached hydrogen (secondary N) is 1. The van der Waals surface area contributed by atoms with Crippen molar-refractivity contribution in [2.45, 2.75) is 25.2 Å². The molecule has 1 aromatic carbocycles. The molecule has 1 aromatic rings. The molecule has 0 heterocycles. The number of hydrogen-bond donors (Lipinski definition) is 1. The summed E-state index contributed by atoms with van der Waals surface area (Å²) in [5.74, 6) is -0.974. The quantitative estimate of drug-likeness (QED) is 0.733. The lowest BCUT2D eigenvalue weighted by Crippen LogP contribution is -2.30. The maximum Gasteiger partial charge on any atom is 0.307 e. The van der Waals surface area contributed by atoms with E-state index < -0.39 is 16.0 Å². The zero-order chi connectivity index (χ0) is 17.6. The molecule has 0 aliphatic rings. The first-order valence-electron chi connectivity index (χ1n) is 7.06. The molecule has 0 unspecified atom stereocenters. The number of nitrogens with zero attached hydrogens (tertiary/aromatic N) is 1. The molecule has 0 saturated heterocycles. The highest BCUT2D eigenvalue weighted by atomic mass is 32.2. The number of ether oxygens (including phenoxy) is 1. The summed E-state index contributed by atoms with van der Waals surface area (Å²) in [5, 5.41) is 0. The van der Waals surface area contributed by atoms with E-state index in [0.717, 1.165) is 5.56 Å². The highest BCUT2D eigenvalue weighted by molar-refractivity contribution is 7.89. The van der Waals surface area contributed by atoms with Crippen LogP contribution >= 0.6 is 0 Å². The number of likely N-dealkylation sites (N-methyl/N-ethyl adjacent to an activating group) is 1. The van der Waals surface area contributed by atoms with Crippen molar-refractivity contribution in [1.29, 1.82) is 0 Å². The van der Waals surface area contributed by atoms with Crippen LogP contribution in [-0.4, -0.2) is 52.4 Å². The van der Waals surface area contributed by atoms with Gasteiger partial charge in [-0.3, -0.25) is 9.59 Å². The van der Waals surface area contributed by atoms with Crippen LogP contribution in [-0.2, 0) is 24.3 Å². The molecule has 0 spiro atoms. The van der Waals surface area contributed by atoms with E-state index in [4.69, 9.17) is 4.74 Å². The fourth-order valence-corrected chi connectivity index (χ4v) is 3.07. The molecule has 128 valence electrons. The van der Waals surface area contributed by atoms with Gasteiger partial charge in [0, 0.05) is 20.6 Å². The van der Waals surface area contributed by atoms with E-state index in [1.165, 1.54) is 11.0 Å². The van der Waals surface area contributed by atoms with Crippen LogP contribution in [0.25, 0.3) is 0 Å². The predicted octanol–water partition coefficient (Wildman–Crippen LogP) is 0.603. The Morgan fingerprint density at radius 1 is 1.22 bits per heavy atom. The van der Waals surface area contributed by atoms with Gasteiger partial charge >= 0.3 is 5.97 Å². The number of amides is 1. The molecular weight excluding hydrogens is 320 g/mol. The molecule has 0 atom stereocenters. The standard InChI is InChI=1S/C15H22N2O5S/c1-11-5-6-13(12(2)9-11)23(20,21)16-8-7-15(19)22-10-14(18)17(3)4/h5-6,9,16H,7-8,10H2,1-4H3. The third-order valence-electron chi connectivity index (χ3n) is 3.10. The van der Waals surface area contributed by atoms with Gasteiger partial charge in [0.15, 0.2) is 6.61 Å². The molecule has 1 amide bonds. The number of aryl methyl sites for hydroxylation is 2. The Balaban J connectivity index is 2.51. The fourth-order valence-electron chi connectivity index (χ4n) is 1.81. The van der Waals surface area contributed by atoms with Crippen LogP contribution in [0.2, 0.25) is 0 Å². The van der Waals surface area contributed by atoms with E-state index in [9.17, 15) is 18.0 Å². The van der Waals surface area contributed by atoms with Crippen LogP contribution in [0, 0.1) is 13.8 Å². The Labute approximate surface area is 136 Å². The van der Waals surface area contributed by atoms with Crippen molar-refractivity contribution in [1.82, 2.24) is 9.62 Å². The lowest BCUT2D eigenvalue weighted by atomic mass is 10.2. The summed E-state index contributed by atoms with van der Waals surface area (Å²) in [6.45, 7) is 3.14. The first-order valence-corrected chi connectivity index (χ1v) is 8.54. The largest absolute Gasteiger partial charge is 0.456 e. The molecule has 0 fully saturated rings. The molecular formula is C15H22N2O5S. The minimum Gasteiger partial charge on any atom is -0.456 e. The molecule has 8 heteroatoms. The van der Waals surface area contributed by atoms with Gasteiger partial charge in [0.25, 0.3) is 5.91 Å². The van der Waals surface area contributed by atoms with Gasteiger partial charge in [-0.15, -0.1) is 0 Å². The number of esters is 1. The topological polar surface area (TPSA) is 92.8 Å². The average molecular weight is 342 g/mol. The Bertz CT molecular complexity index is 683. The predicted molar refractivity (Wildman–Crippen MR) is 85.4 cm³/mol. The Morgan fingerprint density at radius 3 is 2.43 bits per heavy atom. The van der Waals surface area contributed by atoms with Crippen LogP contribution in [0.4, 0.5) is 0 Å². The molecule has 0 aromatic heterocycles. The van der Waals surface area contributed by atoms with E-state index in [-0.39, 0.29) is 30.4 Å². The molecule has 23 heavy (non-hydrogen) atoms. The van der Waals surface area contributed by atoms with Crippen molar-refractivity contribution in [2.24, 2.45) is 0 Å². The summed E-state index contributed by atoms with van der Waals surface area (Å²) in [6.07, 6.45) is -0.148. The second-order valence-corrected chi connectivity index (χ2v) is 7.10. The van der Waals surface area contributed by atoms with Crippen LogP contribution in [0.5, 0.6) is 0 Å².